The highest BCUT2D eigenvalue weighted by molar-refractivity contribution is 5.81. The summed E-state index contributed by atoms with van der Waals surface area (Å²) in [6, 6.07) is 6.70. The van der Waals surface area contributed by atoms with Crippen molar-refractivity contribution in [2.24, 2.45) is 16.6 Å². The standard InChI is InChI=1S/C14H20FN3/c1-10(2)8-18-13(16)17-9-14(18,3)11-5-4-6-12(15)7-11/h4-7,10H,8-9H2,1-3H3,(H2,16,17). The monoisotopic (exact) mass is 249 g/mol. The van der Waals surface area contributed by atoms with Crippen LogP contribution in [0.15, 0.2) is 29.3 Å². The summed E-state index contributed by atoms with van der Waals surface area (Å²) in [5.41, 5.74) is 6.55. The fourth-order valence-electron chi connectivity index (χ4n) is 2.39. The Kier molecular flexibility index (Phi) is 3.28. The topological polar surface area (TPSA) is 41.6 Å². The van der Waals surface area contributed by atoms with E-state index in [1.165, 1.54) is 6.07 Å². The number of hydrogen-bond acceptors (Lipinski definition) is 3. The van der Waals surface area contributed by atoms with Crippen LogP contribution >= 0.6 is 0 Å². The van der Waals surface area contributed by atoms with Crippen molar-refractivity contribution >= 4 is 5.96 Å². The first kappa shape index (κ1) is 12.9. The molecule has 0 aliphatic carbocycles. The van der Waals surface area contributed by atoms with Crippen molar-refractivity contribution in [2.45, 2.75) is 26.3 Å². The second kappa shape index (κ2) is 4.59. The number of hydrogen-bond donors (Lipinski definition) is 1. The second-order valence-electron chi connectivity index (χ2n) is 5.46. The molecule has 1 heterocycles. The SMILES string of the molecule is CC(C)CN1C(N)=NCC1(C)c1cccc(F)c1. The molecule has 0 amide bonds. The van der Waals surface area contributed by atoms with Crippen LogP contribution in [0.3, 0.4) is 0 Å². The van der Waals surface area contributed by atoms with Gasteiger partial charge in [-0.25, -0.2) is 4.39 Å². The second-order valence-corrected chi connectivity index (χ2v) is 5.46. The number of nitrogens with two attached hydrogens (primary N) is 1. The third-order valence-corrected chi connectivity index (χ3v) is 3.42. The third kappa shape index (κ3) is 2.19. The van der Waals surface area contributed by atoms with E-state index in [0.29, 0.717) is 18.4 Å². The highest BCUT2D eigenvalue weighted by atomic mass is 19.1. The van der Waals surface area contributed by atoms with Crippen LogP contribution in [0.4, 0.5) is 4.39 Å². The zero-order chi connectivity index (χ0) is 13.3. The number of guanidine groups is 1. The average Bonchev–Trinajstić information content (AvgIpc) is 2.58. The van der Waals surface area contributed by atoms with Crippen molar-refractivity contribution in [2.75, 3.05) is 13.1 Å². The Labute approximate surface area is 108 Å². The van der Waals surface area contributed by atoms with Crippen molar-refractivity contribution in [3.8, 4) is 0 Å². The summed E-state index contributed by atoms with van der Waals surface area (Å²) in [6.45, 7) is 7.74. The van der Waals surface area contributed by atoms with E-state index < -0.39 is 0 Å². The Hall–Kier alpha value is -1.58. The average molecular weight is 249 g/mol. The quantitative estimate of drug-likeness (QED) is 0.893. The zero-order valence-electron chi connectivity index (χ0n) is 11.2. The van der Waals surface area contributed by atoms with Crippen LogP contribution in [-0.2, 0) is 5.54 Å². The van der Waals surface area contributed by atoms with Gasteiger partial charge < -0.3 is 10.6 Å². The van der Waals surface area contributed by atoms with Crippen LogP contribution in [0, 0.1) is 11.7 Å². The Bertz CT molecular complexity index is 470. The summed E-state index contributed by atoms with van der Waals surface area (Å²) in [7, 11) is 0. The van der Waals surface area contributed by atoms with E-state index in [2.05, 4.69) is 30.7 Å². The maximum absolute atomic E-state index is 13.4. The van der Waals surface area contributed by atoms with E-state index in [9.17, 15) is 4.39 Å². The first-order valence-corrected chi connectivity index (χ1v) is 6.27. The Balaban J connectivity index is 2.35. The maximum atomic E-state index is 13.4. The fraction of sp³-hybridized carbons (Fsp3) is 0.500. The van der Waals surface area contributed by atoms with Crippen molar-refractivity contribution in [3.05, 3.63) is 35.6 Å². The van der Waals surface area contributed by atoms with E-state index in [1.54, 1.807) is 12.1 Å². The molecule has 0 bridgehead atoms. The molecule has 0 saturated heterocycles. The number of rotatable bonds is 3. The van der Waals surface area contributed by atoms with E-state index in [0.717, 1.165) is 12.1 Å². The van der Waals surface area contributed by atoms with Gasteiger partial charge in [-0.15, -0.1) is 0 Å². The molecule has 0 aromatic heterocycles. The van der Waals surface area contributed by atoms with Crippen molar-refractivity contribution < 1.29 is 4.39 Å². The van der Waals surface area contributed by atoms with Gasteiger partial charge in [0.2, 0.25) is 0 Å². The molecule has 1 aliphatic heterocycles. The molecule has 4 heteroatoms. The van der Waals surface area contributed by atoms with E-state index >= 15 is 0 Å². The van der Waals surface area contributed by atoms with Gasteiger partial charge in [-0.3, -0.25) is 4.99 Å². The molecule has 1 aromatic carbocycles. The molecule has 2 rings (SSSR count). The summed E-state index contributed by atoms with van der Waals surface area (Å²) in [5.74, 6) is 0.809. The molecule has 1 aliphatic rings. The highest BCUT2D eigenvalue weighted by Gasteiger charge is 2.39. The number of benzene rings is 1. The van der Waals surface area contributed by atoms with Crippen molar-refractivity contribution in [1.82, 2.24) is 4.90 Å². The first-order chi connectivity index (χ1) is 8.43. The predicted octanol–water partition coefficient (Wildman–Crippen LogP) is 2.33. The zero-order valence-corrected chi connectivity index (χ0v) is 11.2. The predicted molar refractivity (Wildman–Crippen MR) is 71.8 cm³/mol. The molecule has 18 heavy (non-hydrogen) atoms. The normalized spacial score (nSPS) is 23.6. The van der Waals surface area contributed by atoms with Crippen LogP contribution in [-0.4, -0.2) is 23.9 Å². The van der Waals surface area contributed by atoms with Crippen LogP contribution < -0.4 is 5.73 Å². The van der Waals surface area contributed by atoms with Gasteiger partial charge in [-0.1, -0.05) is 26.0 Å². The Morgan fingerprint density at radius 2 is 2.22 bits per heavy atom. The minimum absolute atomic E-state index is 0.219. The lowest BCUT2D eigenvalue weighted by Crippen LogP contribution is -2.49. The Morgan fingerprint density at radius 1 is 1.50 bits per heavy atom. The van der Waals surface area contributed by atoms with Gasteiger partial charge in [-0.2, -0.15) is 0 Å². The van der Waals surface area contributed by atoms with Crippen molar-refractivity contribution in [1.29, 1.82) is 0 Å². The summed E-state index contributed by atoms with van der Waals surface area (Å²) in [4.78, 5) is 6.40. The molecular formula is C14H20FN3. The molecule has 0 spiro atoms. The van der Waals surface area contributed by atoms with Crippen LogP contribution in [0.1, 0.15) is 26.3 Å². The van der Waals surface area contributed by atoms with E-state index in [-0.39, 0.29) is 11.4 Å². The summed E-state index contributed by atoms with van der Waals surface area (Å²) in [5, 5.41) is 0. The molecule has 3 nitrogen and oxygen atoms in total. The van der Waals surface area contributed by atoms with Gasteiger partial charge in [0.1, 0.15) is 5.82 Å². The molecule has 1 aromatic rings. The molecule has 1 unspecified atom stereocenters. The fourth-order valence-corrected chi connectivity index (χ4v) is 2.39. The highest BCUT2D eigenvalue weighted by Crippen LogP contribution is 2.33. The van der Waals surface area contributed by atoms with Crippen LogP contribution in [0.25, 0.3) is 0 Å². The third-order valence-electron chi connectivity index (χ3n) is 3.42. The van der Waals surface area contributed by atoms with Crippen LogP contribution in [0.2, 0.25) is 0 Å². The summed E-state index contributed by atoms with van der Waals surface area (Å²) < 4.78 is 13.4. The van der Waals surface area contributed by atoms with Gasteiger partial charge in [0, 0.05) is 6.54 Å². The largest absolute Gasteiger partial charge is 0.370 e. The van der Waals surface area contributed by atoms with Crippen LogP contribution in [0.5, 0.6) is 0 Å². The van der Waals surface area contributed by atoms with E-state index in [1.807, 2.05) is 6.07 Å². The van der Waals surface area contributed by atoms with Gasteiger partial charge in [0.15, 0.2) is 5.96 Å². The number of aliphatic imine (C=N–C) groups is 1. The molecule has 0 fully saturated rings. The molecule has 98 valence electrons. The molecular weight excluding hydrogens is 229 g/mol. The molecule has 1 atom stereocenters. The Morgan fingerprint density at radius 3 is 2.83 bits per heavy atom. The van der Waals surface area contributed by atoms with Crippen molar-refractivity contribution in [3.63, 3.8) is 0 Å². The molecule has 0 radical (unpaired) electrons. The summed E-state index contributed by atoms with van der Waals surface area (Å²) in [6.07, 6.45) is 0. The maximum Gasteiger partial charge on any atom is 0.192 e. The van der Waals surface area contributed by atoms with Gasteiger partial charge >= 0.3 is 0 Å². The lowest BCUT2D eigenvalue weighted by Gasteiger charge is -2.37. The van der Waals surface area contributed by atoms with Gasteiger partial charge in [0.05, 0.1) is 12.1 Å². The minimum atomic E-state index is -0.337. The minimum Gasteiger partial charge on any atom is -0.370 e. The van der Waals surface area contributed by atoms with Gasteiger partial charge in [-0.05, 0) is 30.5 Å². The molecule has 2 N–H and O–H groups in total. The molecule has 0 saturated carbocycles. The lowest BCUT2D eigenvalue weighted by atomic mass is 9.90. The smallest absolute Gasteiger partial charge is 0.192 e. The first-order valence-electron chi connectivity index (χ1n) is 6.27. The number of halogens is 1. The number of nitrogens with zero attached hydrogens (tertiary/aromatic N) is 2. The van der Waals surface area contributed by atoms with E-state index in [4.69, 9.17) is 5.73 Å². The summed E-state index contributed by atoms with van der Waals surface area (Å²) >= 11 is 0. The lowest BCUT2D eigenvalue weighted by molar-refractivity contribution is 0.204. The van der Waals surface area contributed by atoms with Gasteiger partial charge in [0.25, 0.3) is 0 Å².